The first-order valence-electron chi connectivity index (χ1n) is 5.37. The van der Waals surface area contributed by atoms with Crippen molar-refractivity contribution in [3.05, 3.63) is 63.6 Å². The number of halogens is 2. The average Bonchev–Trinajstić information content (AvgIpc) is 2.43. The summed E-state index contributed by atoms with van der Waals surface area (Å²) in [6, 6.07) is 13.2. The Balaban J connectivity index is 2.21. The lowest BCUT2D eigenvalue weighted by Crippen LogP contribution is -2.11. The fourth-order valence-electron chi connectivity index (χ4n) is 1.51. The molecule has 0 aliphatic rings. The van der Waals surface area contributed by atoms with Gasteiger partial charge in [0.1, 0.15) is 0 Å². The summed E-state index contributed by atoms with van der Waals surface area (Å²) in [7, 11) is 0. The molecule has 2 aromatic rings. The van der Waals surface area contributed by atoms with Gasteiger partial charge in [-0.3, -0.25) is 4.79 Å². The van der Waals surface area contributed by atoms with Gasteiger partial charge in [0.2, 0.25) is 0 Å². The highest BCUT2D eigenvalue weighted by Crippen LogP contribution is 2.25. The maximum Gasteiger partial charge on any atom is 0.255 e. The third-order valence-electron chi connectivity index (χ3n) is 2.43. The topological polar surface area (TPSA) is 52.9 Å². The number of hydrogen-bond donors (Lipinski definition) is 1. The summed E-state index contributed by atoms with van der Waals surface area (Å²) in [6.45, 7) is 0. The van der Waals surface area contributed by atoms with Crippen molar-refractivity contribution in [3.63, 3.8) is 0 Å². The van der Waals surface area contributed by atoms with Crippen LogP contribution in [0, 0.1) is 11.3 Å². The van der Waals surface area contributed by atoms with Crippen LogP contribution in [-0.4, -0.2) is 5.91 Å². The van der Waals surface area contributed by atoms with Crippen LogP contribution >= 0.6 is 23.2 Å². The van der Waals surface area contributed by atoms with E-state index in [9.17, 15) is 4.79 Å². The van der Waals surface area contributed by atoms with Crippen LogP contribution in [0.5, 0.6) is 0 Å². The van der Waals surface area contributed by atoms with E-state index in [0.717, 1.165) is 0 Å². The van der Waals surface area contributed by atoms with Gasteiger partial charge in [0.05, 0.1) is 21.7 Å². The first-order chi connectivity index (χ1) is 9.10. The first kappa shape index (κ1) is 13.4. The lowest BCUT2D eigenvalue weighted by molar-refractivity contribution is 0.102. The van der Waals surface area contributed by atoms with Gasteiger partial charge in [-0.1, -0.05) is 29.3 Å². The summed E-state index contributed by atoms with van der Waals surface area (Å²) in [6.07, 6.45) is 0. The normalized spacial score (nSPS) is 9.74. The molecule has 19 heavy (non-hydrogen) atoms. The van der Waals surface area contributed by atoms with Crippen molar-refractivity contribution in [1.29, 1.82) is 5.26 Å². The minimum atomic E-state index is -0.310. The zero-order chi connectivity index (χ0) is 13.8. The molecule has 3 nitrogen and oxygen atoms in total. The number of rotatable bonds is 2. The number of nitrogens with one attached hydrogen (secondary N) is 1. The van der Waals surface area contributed by atoms with Crippen molar-refractivity contribution >= 4 is 34.8 Å². The second kappa shape index (κ2) is 5.75. The van der Waals surface area contributed by atoms with Gasteiger partial charge >= 0.3 is 0 Å². The molecule has 0 aliphatic heterocycles. The highest BCUT2D eigenvalue weighted by Gasteiger charge is 2.07. The van der Waals surface area contributed by atoms with Gasteiger partial charge in [0, 0.05) is 11.3 Å². The second-order valence-corrected chi connectivity index (χ2v) is 4.59. The van der Waals surface area contributed by atoms with Gasteiger partial charge in [-0.15, -0.1) is 0 Å². The number of amides is 1. The summed E-state index contributed by atoms with van der Waals surface area (Å²) in [4.78, 5) is 12.0. The molecule has 1 amide bonds. The number of anilines is 1. The van der Waals surface area contributed by atoms with Crippen LogP contribution in [0.3, 0.4) is 0 Å². The Hall–Kier alpha value is -2.02. The van der Waals surface area contributed by atoms with Crippen molar-refractivity contribution in [2.24, 2.45) is 0 Å². The van der Waals surface area contributed by atoms with E-state index in [1.165, 1.54) is 6.07 Å². The number of hydrogen-bond acceptors (Lipinski definition) is 2. The predicted octanol–water partition coefficient (Wildman–Crippen LogP) is 4.12. The smallest absolute Gasteiger partial charge is 0.255 e. The van der Waals surface area contributed by atoms with E-state index >= 15 is 0 Å². The highest BCUT2D eigenvalue weighted by molar-refractivity contribution is 6.42. The molecule has 0 saturated carbocycles. The van der Waals surface area contributed by atoms with Crippen LogP contribution in [0.25, 0.3) is 0 Å². The van der Waals surface area contributed by atoms with Crippen LogP contribution in [0.15, 0.2) is 42.5 Å². The number of benzene rings is 2. The predicted molar refractivity (Wildman–Crippen MR) is 75.6 cm³/mol. The van der Waals surface area contributed by atoms with Crippen molar-refractivity contribution in [2.75, 3.05) is 5.32 Å². The molecule has 5 heteroatoms. The Kier molecular flexibility index (Phi) is 4.06. The van der Waals surface area contributed by atoms with Gasteiger partial charge < -0.3 is 5.32 Å². The van der Waals surface area contributed by atoms with E-state index in [4.69, 9.17) is 28.5 Å². The zero-order valence-electron chi connectivity index (χ0n) is 9.65. The fourth-order valence-corrected chi connectivity index (χ4v) is 1.81. The largest absolute Gasteiger partial charge is 0.322 e. The number of nitrogens with zero attached hydrogens (tertiary/aromatic N) is 1. The molecule has 0 radical (unpaired) electrons. The zero-order valence-corrected chi connectivity index (χ0v) is 11.2. The summed E-state index contributed by atoms with van der Waals surface area (Å²) in [5, 5.41) is 12.3. The molecule has 2 rings (SSSR count). The average molecular weight is 291 g/mol. The quantitative estimate of drug-likeness (QED) is 0.905. The molecule has 0 atom stereocenters. The summed E-state index contributed by atoms with van der Waals surface area (Å²) in [5.74, 6) is -0.310. The minimum Gasteiger partial charge on any atom is -0.322 e. The molecular weight excluding hydrogens is 283 g/mol. The first-order valence-corrected chi connectivity index (χ1v) is 6.12. The number of carbonyl (C=O) groups is 1. The van der Waals surface area contributed by atoms with Crippen LogP contribution in [0.2, 0.25) is 10.0 Å². The monoisotopic (exact) mass is 290 g/mol. The van der Waals surface area contributed by atoms with Crippen molar-refractivity contribution < 1.29 is 4.79 Å². The molecule has 0 spiro atoms. The molecule has 0 saturated heterocycles. The van der Waals surface area contributed by atoms with E-state index in [1.807, 2.05) is 6.07 Å². The number of nitriles is 1. The molecule has 0 aromatic heterocycles. The molecule has 1 N–H and O–H groups in total. The van der Waals surface area contributed by atoms with E-state index in [2.05, 4.69) is 5.32 Å². The van der Waals surface area contributed by atoms with E-state index in [-0.39, 0.29) is 5.91 Å². The Bertz CT molecular complexity index is 677. The summed E-state index contributed by atoms with van der Waals surface area (Å²) in [5.41, 5.74) is 1.38. The Labute approximate surface area is 120 Å². The van der Waals surface area contributed by atoms with Crippen molar-refractivity contribution in [3.8, 4) is 6.07 Å². The van der Waals surface area contributed by atoms with Crippen molar-refractivity contribution in [2.45, 2.75) is 0 Å². The van der Waals surface area contributed by atoms with Gasteiger partial charge in [-0.2, -0.15) is 5.26 Å². The Morgan fingerprint density at radius 1 is 1.11 bits per heavy atom. The van der Waals surface area contributed by atoms with Crippen LogP contribution in [0.4, 0.5) is 5.69 Å². The molecule has 0 unspecified atom stereocenters. The molecule has 0 aliphatic carbocycles. The maximum atomic E-state index is 12.0. The molecular formula is C14H8Cl2N2O. The lowest BCUT2D eigenvalue weighted by atomic mass is 10.1. The van der Waals surface area contributed by atoms with Crippen LogP contribution < -0.4 is 5.32 Å². The summed E-state index contributed by atoms with van der Waals surface area (Å²) < 4.78 is 0. The lowest BCUT2D eigenvalue weighted by Gasteiger charge is -2.06. The van der Waals surface area contributed by atoms with E-state index in [0.29, 0.717) is 26.9 Å². The summed E-state index contributed by atoms with van der Waals surface area (Å²) >= 11 is 11.7. The molecule has 2 aromatic carbocycles. The van der Waals surface area contributed by atoms with Crippen molar-refractivity contribution in [1.82, 2.24) is 0 Å². The molecule has 0 heterocycles. The van der Waals surface area contributed by atoms with Gasteiger partial charge in [-0.05, 0) is 36.4 Å². The van der Waals surface area contributed by atoms with Gasteiger partial charge in [0.25, 0.3) is 5.91 Å². The molecule has 0 bridgehead atoms. The Morgan fingerprint density at radius 2 is 1.89 bits per heavy atom. The SMILES string of the molecule is N#Cc1cccc(C(=O)Nc2ccc(Cl)c(Cl)c2)c1. The van der Waals surface area contributed by atoms with E-state index in [1.54, 1.807) is 36.4 Å². The third-order valence-corrected chi connectivity index (χ3v) is 3.17. The van der Waals surface area contributed by atoms with E-state index < -0.39 is 0 Å². The third kappa shape index (κ3) is 3.25. The van der Waals surface area contributed by atoms with Crippen LogP contribution in [-0.2, 0) is 0 Å². The standard InChI is InChI=1S/C14H8Cl2N2O/c15-12-5-4-11(7-13(12)16)18-14(19)10-3-1-2-9(6-10)8-17/h1-7H,(H,18,19). The van der Waals surface area contributed by atoms with Gasteiger partial charge in [-0.25, -0.2) is 0 Å². The molecule has 0 fully saturated rings. The van der Waals surface area contributed by atoms with Gasteiger partial charge in [0.15, 0.2) is 0 Å². The fraction of sp³-hybridized carbons (Fsp3) is 0. The molecule has 94 valence electrons. The maximum absolute atomic E-state index is 12.0. The minimum absolute atomic E-state index is 0.310. The Morgan fingerprint density at radius 3 is 2.58 bits per heavy atom. The van der Waals surface area contributed by atoms with Crippen LogP contribution in [0.1, 0.15) is 15.9 Å². The highest BCUT2D eigenvalue weighted by atomic mass is 35.5. The number of carbonyl (C=O) groups excluding carboxylic acids is 1. The second-order valence-electron chi connectivity index (χ2n) is 3.78.